The average molecular weight is 845 g/mol. The van der Waals surface area contributed by atoms with Gasteiger partial charge >= 0.3 is 99.3 Å². The van der Waals surface area contributed by atoms with Crippen molar-refractivity contribution in [1.82, 2.24) is 0 Å². The van der Waals surface area contributed by atoms with Gasteiger partial charge in [0.2, 0.25) is 0 Å². The molecule has 17 nitrogen and oxygen atoms in total. The van der Waals surface area contributed by atoms with E-state index in [-0.39, 0.29) is 134 Å². The molecule has 0 aromatic heterocycles. The van der Waals surface area contributed by atoms with E-state index in [9.17, 15) is 36.2 Å². The molecule has 0 aliphatic heterocycles. The van der Waals surface area contributed by atoms with Crippen molar-refractivity contribution in [2.45, 2.75) is 16.2 Å². The van der Waals surface area contributed by atoms with Crippen LogP contribution < -0.4 is 100 Å². The zero-order valence-electron chi connectivity index (χ0n) is 29.6. The standard InChI is InChI=1S/C33H25N6O8S2.3Na.O3S/c34-25-10-12-27(23-2-1-3-29(40)32(23)25)38-36-20-7-4-18(5-8-20)14-19-6-9-21(15-31(19)49(45,46)47)37-39-28-13-11-26(35)33-24(28)16-22(17-30(33)41)48(42,43)44;;;;1-4(2)3/h2-13,15-17,40-41H,14,34-35H2,(H,42,43,44)(H,45,46,47);;;;/q-1;3*+1;/p-2. The van der Waals surface area contributed by atoms with Gasteiger partial charge in [0.1, 0.15) is 26.0 Å². The largest absolute Gasteiger partial charge is 1.00 e. The Morgan fingerprint density at radius 3 is 1.70 bits per heavy atom. The second-order valence-corrected chi connectivity index (χ2v) is 14.1. The van der Waals surface area contributed by atoms with E-state index in [1.165, 1.54) is 30.3 Å². The number of rotatable bonds is 8. The molecule has 23 heteroatoms. The summed E-state index contributed by atoms with van der Waals surface area (Å²) in [4.78, 5) is -1.24. The minimum absolute atomic E-state index is 0. The Bertz CT molecular complexity index is 2820. The summed E-state index contributed by atoms with van der Waals surface area (Å²) in [6, 6.07) is 24.3. The molecular weight excluding hydrogens is 822 g/mol. The number of fused-ring (bicyclic) bond motifs is 2. The van der Waals surface area contributed by atoms with Crippen LogP contribution in [0.3, 0.4) is 0 Å². The number of anilines is 2. The molecule has 6 N–H and O–H groups in total. The Morgan fingerprint density at radius 1 is 0.625 bits per heavy atom. The fraction of sp³-hybridized carbons (Fsp3) is 0.0303. The number of benzene rings is 6. The van der Waals surface area contributed by atoms with Crippen LogP contribution in [0.25, 0.3) is 21.5 Å². The Morgan fingerprint density at radius 2 is 1.14 bits per heavy atom. The predicted octanol–water partition coefficient (Wildman–Crippen LogP) is -3.39. The maximum Gasteiger partial charge on any atom is 1.00 e. The van der Waals surface area contributed by atoms with Gasteiger partial charge in [0.15, 0.2) is 0 Å². The number of nitrogens with zero attached hydrogens (tertiary/aromatic N) is 4. The Kier molecular flexibility index (Phi) is 17.8. The molecule has 6 rings (SSSR count). The van der Waals surface area contributed by atoms with Gasteiger partial charge in [-0.05, 0) is 78.2 Å². The summed E-state index contributed by atoms with van der Waals surface area (Å²) in [5, 5.41) is 38.1. The number of azo groups is 2. The number of hydrogen-bond acceptors (Lipinski definition) is 17. The normalized spacial score (nSPS) is 11.3. The molecule has 0 aliphatic rings. The van der Waals surface area contributed by atoms with E-state index in [1.54, 1.807) is 42.5 Å². The summed E-state index contributed by atoms with van der Waals surface area (Å²) in [6.45, 7) is 0. The first-order chi connectivity index (χ1) is 24.9. The van der Waals surface area contributed by atoms with Crippen LogP contribution in [0.4, 0.5) is 34.1 Å². The van der Waals surface area contributed by atoms with Gasteiger partial charge in [0.05, 0.1) is 26.9 Å². The summed E-state index contributed by atoms with van der Waals surface area (Å²) < 4.78 is 96.9. The number of phenolic OH excluding ortho intramolecular Hbond substituents is 2. The van der Waals surface area contributed by atoms with Gasteiger partial charge in [-0.25, -0.2) is 16.8 Å². The fourth-order valence-electron chi connectivity index (χ4n) is 5.21. The molecule has 0 bridgehead atoms. The van der Waals surface area contributed by atoms with Crippen molar-refractivity contribution >= 4 is 86.5 Å². The quantitative estimate of drug-likeness (QED) is 0.0383. The van der Waals surface area contributed by atoms with Crippen molar-refractivity contribution in [3.63, 3.8) is 0 Å². The van der Waals surface area contributed by atoms with Crippen LogP contribution in [0.15, 0.2) is 121 Å². The van der Waals surface area contributed by atoms with E-state index in [0.717, 1.165) is 18.2 Å². The maximum atomic E-state index is 12.3. The van der Waals surface area contributed by atoms with Crippen LogP contribution in [0, 0.1) is 6.07 Å². The molecule has 0 heterocycles. The molecule has 0 amide bonds. The molecule has 0 spiro atoms. The number of aromatic hydroxyl groups is 2. The van der Waals surface area contributed by atoms with Crippen molar-refractivity contribution in [3.05, 3.63) is 108 Å². The molecule has 0 saturated heterocycles. The first kappa shape index (κ1) is 48.8. The van der Waals surface area contributed by atoms with Crippen LogP contribution in [-0.4, -0.2) is 48.8 Å². The van der Waals surface area contributed by atoms with E-state index in [4.69, 9.17) is 24.1 Å². The summed E-state index contributed by atoms with van der Waals surface area (Å²) in [5.74, 6) is -0.588. The van der Waals surface area contributed by atoms with Crippen molar-refractivity contribution in [3.8, 4) is 11.5 Å². The predicted molar refractivity (Wildman–Crippen MR) is 189 cm³/mol. The van der Waals surface area contributed by atoms with Crippen molar-refractivity contribution in [2.24, 2.45) is 20.5 Å². The van der Waals surface area contributed by atoms with Gasteiger partial charge in [-0.15, -0.1) is 23.8 Å². The summed E-state index contributed by atoms with van der Waals surface area (Å²) >= 11 is 0. The molecular formula is C33H23N6Na3O11S3. The Hall–Kier alpha value is -3.32. The van der Waals surface area contributed by atoms with Crippen LogP contribution in [-0.2, 0) is 37.3 Å². The van der Waals surface area contributed by atoms with Gasteiger partial charge in [0.25, 0.3) is 0 Å². The van der Waals surface area contributed by atoms with E-state index in [1.807, 2.05) is 0 Å². The topological polar surface area (TPSA) is 308 Å². The number of hydrogen-bond donors (Lipinski definition) is 4. The molecule has 0 aliphatic carbocycles. The maximum absolute atomic E-state index is 12.3. The van der Waals surface area contributed by atoms with Crippen LogP contribution in [0.5, 0.6) is 11.5 Å². The van der Waals surface area contributed by atoms with Crippen LogP contribution >= 0.6 is 0 Å². The third-order valence-corrected chi connectivity index (χ3v) is 9.25. The summed E-state index contributed by atoms with van der Waals surface area (Å²) in [6.07, 6.45) is 0.0671. The van der Waals surface area contributed by atoms with E-state index >= 15 is 0 Å². The molecule has 0 saturated carbocycles. The molecule has 0 fully saturated rings. The average Bonchev–Trinajstić information content (AvgIpc) is 3.07. The molecule has 0 atom stereocenters. The minimum Gasteiger partial charge on any atom is -0.744 e. The number of phenols is 2. The smallest absolute Gasteiger partial charge is 0.744 e. The van der Waals surface area contributed by atoms with Gasteiger partial charge in [0, 0.05) is 33.6 Å². The molecule has 56 heavy (non-hydrogen) atoms. The molecule has 272 valence electrons. The van der Waals surface area contributed by atoms with Gasteiger partial charge < -0.3 is 30.8 Å². The SMILES string of the molecule is Nc1ccc(N=Nc2ccc(Cc3ccc(N=Nc4ccc(N)c5c(O)cc(S(=O)(=O)[O-])cc45)cc3S(=O)(=O)[O-])cc2)c2c[c-]cc(O)c12.O=S(=O)=O.[Na+].[Na+].[Na+]. The Labute approximate surface area is 387 Å². The van der Waals surface area contributed by atoms with E-state index in [2.05, 4.69) is 26.5 Å². The van der Waals surface area contributed by atoms with Gasteiger partial charge in [-0.2, -0.15) is 27.5 Å². The Balaban J connectivity index is 0.00000148. The van der Waals surface area contributed by atoms with Crippen molar-refractivity contribution < 1.29 is 137 Å². The molecule has 0 unspecified atom stereocenters. The third-order valence-electron chi connectivity index (χ3n) is 7.52. The minimum atomic E-state index is -4.96. The second-order valence-electron chi connectivity index (χ2n) is 11.0. The monoisotopic (exact) mass is 844 g/mol. The first-order valence-corrected chi connectivity index (χ1v) is 18.4. The van der Waals surface area contributed by atoms with E-state index in [0.29, 0.717) is 33.4 Å². The second kappa shape index (κ2) is 20.4. The number of nitrogen functional groups attached to an aromatic ring is 2. The first-order valence-electron chi connectivity index (χ1n) is 14.6. The van der Waals surface area contributed by atoms with Crippen molar-refractivity contribution in [1.29, 1.82) is 0 Å². The van der Waals surface area contributed by atoms with Crippen LogP contribution in [0.2, 0.25) is 0 Å². The number of nitrogens with two attached hydrogens (primary N) is 2. The fourth-order valence-corrected chi connectivity index (χ4v) is 6.45. The summed E-state index contributed by atoms with van der Waals surface area (Å²) in [7, 11) is -13.0. The molecule has 6 aromatic rings. The van der Waals surface area contributed by atoms with Crippen molar-refractivity contribution in [2.75, 3.05) is 11.5 Å². The van der Waals surface area contributed by atoms with Gasteiger partial charge in [-0.1, -0.05) is 29.0 Å². The molecule has 0 radical (unpaired) electrons. The molecule has 6 aromatic carbocycles. The zero-order valence-corrected chi connectivity index (χ0v) is 38.1. The van der Waals surface area contributed by atoms with Gasteiger partial charge in [-0.3, -0.25) is 0 Å². The van der Waals surface area contributed by atoms with Crippen LogP contribution in [0.1, 0.15) is 11.1 Å². The van der Waals surface area contributed by atoms with E-state index < -0.39 is 46.4 Å². The zero-order chi connectivity index (χ0) is 38.7. The third kappa shape index (κ3) is 12.1. The summed E-state index contributed by atoms with van der Waals surface area (Å²) in [5.41, 5.74) is 14.2.